The molecule has 0 radical (unpaired) electrons. The van der Waals surface area contributed by atoms with Gasteiger partial charge >= 0.3 is 0 Å². The van der Waals surface area contributed by atoms with Crippen molar-refractivity contribution in [3.63, 3.8) is 0 Å². The first kappa shape index (κ1) is 14.5. The lowest BCUT2D eigenvalue weighted by Gasteiger charge is -2.13. The van der Waals surface area contributed by atoms with Gasteiger partial charge in [-0.1, -0.05) is 12.1 Å². The third-order valence-corrected chi connectivity index (χ3v) is 2.59. The Hall–Kier alpha value is -1.55. The van der Waals surface area contributed by atoms with Crippen molar-refractivity contribution in [1.82, 2.24) is 5.32 Å². The molecule has 0 bridgehead atoms. The number of hydrogen-bond donors (Lipinski definition) is 2. The van der Waals surface area contributed by atoms with Gasteiger partial charge in [-0.3, -0.25) is 4.79 Å². The largest absolute Gasteiger partial charge is 0.493 e. The molecule has 1 atom stereocenters. The van der Waals surface area contributed by atoms with Gasteiger partial charge in [0, 0.05) is 6.04 Å². The second-order valence-corrected chi connectivity index (χ2v) is 4.46. The van der Waals surface area contributed by atoms with Crippen LogP contribution in [0, 0.1) is 6.92 Å². The number of aryl methyl sites for hydroxylation is 1. The third-order valence-electron chi connectivity index (χ3n) is 2.59. The molecule has 1 aromatic carbocycles. The molecule has 1 amide bonds. The summed E-state index contributed by atoms with van der Waals surface area (Å²) in [6, 6.07) is 7.92. The van der Waals surface area contributed by atoms with E-state index in [2.05, 4.69) is 5.32 Å². The first-order chi connectivity index (χ1) is 8.61. The Bertz CT molecular complexity index is 380. The van der Waals surface area contributed by atoms with Gasteiger partial charge in [0.15, 0.2) is 0 Å². The molecule has 18 heavy (non-hydrogen) atoms. The summed E-state index contributed by atoms with van der Waals surface area (Å²) in [5.41, 5.74) is 6.57. The minimum atomic E-state index is 0.00334. The Morgan fingerprint density at radius 2 is 2.28 bits per heavy atom. The summed E-state index contributed by atoms with van der Waals surface area (Å²) < 4.78 is 5.51. The maximum absolute atomic E-state index is 11.6. The summed E-state index contributed by atoms with van der Waals surface area (Å²) in [5.74, 6) is 0.807. The summed E-state index contributed by atoms with van der Waals surface area (Å²) in [4.78, 5) is 11.6. The van der Waals surface area contributed by atoms with Crippen molar-refractivity contribution in [1.29, 1.82) is 0 Å². The fraction of sp³-hybridized carbons (Fsp3) is 0.500. The molecule has 4 heteroatoms. The number of ether oxygens (including phenoxy) is 1. The monoisotopic (exact) mass is 250 g/mol. The number of nitrogens with two attached hydrogens (primary N) is 1. The molecule has 0 saturated heterocycles. The van der Waals surface area contributed by atoms with Crippen LogP contribution in [0.4, 0.5) is 0 Å². The van der Waals surface area contributed by atoms with Gasteiger partial charge in [0.05, 0.1) is 13.0 Å². The van der Waals surface area contributed by atoms with Gasteiger partial charge in [-0.25, -0.2) is 0 Å². The van der Waals surface area contributed by atoms with E-state index >= 15 is 0 Å². The standard InChI is InChI=1S/C14H22N2O2/c1-11-4-3-5-13(10-11)18-9-7-14(17)16-12(2)6-8-15/h3-5,10,12H,6-9,15H2,1-2H3,(H,16,17). The first-order valence-electron chi connectivity index (χ1n) is 6.30. The van der Waals surface area contributed by atoms with Crippen LogP contribution in [0.5, 0.6) is 5.75 Å². The van der Waals surface area contributed by atoms with Crippen molar-refractivity contribution in [2.75, 3.05) is 13.2 Å². The minimum absolute atomic E-state index is 0.00334. The summed E-state index contributed by atoms with van der Waals surface area (Å²) in [5, 5.41) is 2.88. The van der Waals surface area contributed by atoms with E-state index in [0.717, 1.165) is 17.7 Å². The molecule has 1 unspecified atom stereocenters. The van der Waals surface area contributed by atoms with Crippen LogP contribution in [-0.4, -0.2) is 25.1 Å². The Labute approximate surface area is 109 Å². The Balaban J connectivity index is 2.23. The normalized spacial score (nSPS) is 11.9. The molecule has 3 N–H and O–H groups in total. The van der Waals surface area contributed by atoms with Crippen molar-refractivity contribution in [2.45, 2.75) is 32.7 Å². The van der Waals surface area contributed by atoms with E-state index in [-0.39, 0.29) is 11.9 Å². The van der Waals surface area contributed by atoms with Crippen LogP contribution in [0.2, 0.25) is 0 Å². The summed E-state index contributed by atoms with van der Waals surface area (Å²) in [6.07, 6.45) is 1.16. The van der Waals surface area contributed by atoms with Gasteiger partial charge in [-0.2, -0.15) is 0 Å². The quantitative estimate of drug-likeness (QED) is 0.773. The summed E-state index contributed by atoms with van der Waals surface area (Å²) in [7, 11) is 0. The fourth-order valence-corrected chi connectivity index (χ4v) is 1.64. The lowest BCUT2D eigenvalue weighted by atomic mass is 10.2. The molecule has 0 spiro atoms. The topological polar surface area (TPSA) is 64.3 Å². The maximum Gasteiger partial charge on any atom is 0.223 e. The smallest absolute Gasteiger partial charge is 0.223 e. The van der Waals surface area contributed by atoms with Crippen molar-refractivity contribution < 1.29 is 9.53 Å². The van der Waals surface area contributed by atoms with Crippen LogP contribution >= 0.6 is 0 Å². The number of amides is 1. The summed E-state index contributed by atoms with van der Waals surface area (Å²) in [6.45, 7) is 4.94. The lowest BCUT2D eigenvalue weighted by molar-refractivity contribution is -0.122. The van der Waals surface area contributed by atoms with E-state index < -0.39 is 0 Å². The first-order valence-corrected chi connectivity index (χ1v) is 6.30. The SMILES string of the molecule is Cc1cccc(OCCC(=O)NC(C)CCN)c1. The molecule has 0 saturated carbocycles. The molecule has 4 nitrogen and oxygen atoms in total. The Morgan fingerprint density at radius 3 is 2.94 bits per heavy atom. The van der Waals surface area contributed by atoms with Crippen LogP contribution in [0.1, 0.15) is 25.3 Å². The zero-order valence-corrected chi connectivity index (χ0v) is 11.1. The lowest BCUT2D eigenvalue weighted by Crippen LogP contribution is -2.34. The van der Waals surface area contributed by atoms with Gasteiger partial charge in [0.25, 0.3) is 0 Å². The average molecular weight is 250 g/mol. The predicted molar refractivity (Wildman–Crippen MR) is 72.6 cm³/mol. The predicted octanol–water partition coefficient (Wildman–Crippen LogP) is 1.62. The Morgan fingerprint density at radius 1 is 1.50 bits per heavy atom. The van der Waals surface area contributed by atoms with Gasteiger partial charge in [0.2, 0.25) is 5.91 Å². The number of carbonyl (C=O) groups is 1. The number of rotatable bonds is 7. The van der Waals surface area contributed by atoms with E-state index in [1.54, 1.807) is 0 Å². The van der Waals surface area contributed by atoms with Crippen LogP contribution in [0.3, 0.4) is 0 Å². The highest BCUT2D eigenvalue weighted by Crippen LogP contribution is 2.12. The van der Waals surface area contributed by atoms with Crippen molar-refractivity contribution in [2.24, 2.45) is 5.73 Å². The molecule has 1 rings (SSSR count). The van der Waals surface area contributed by atoms with E-state index in [1.807, 2.05) is 38.1 Å². The second-order valence-electron chi connectivity index (χ2n) is 4.46. The van der Waals surface area contributed by atoms with E-state index in [9.17, 15) is 4.79 Å². The minimum Gasteiger partial charge on any atom is -0.493 e. The van der Waals surface area contributed by atoms with Gasteiger partial charge in [-0.15, -0.1) is 0 Å². The van der Waals surface area contributed by atoms with Gasteiger partial charge in [-0.05, 0) is 44.5 Å². The van der Waals surface area contributed by atoms with Crippen LogP contribution in [0.15, 0.2) is 24.3 Å². The van der Waals surface area contributed by atoms with Crippen molar-refractivity contribution in [3.8, 4) is 5.75 Å². The molecule has 0 heterocycles. The van der Waals surface area contributed by atoms with Gasteiger partial charge < -0.3 is 15.8 Å². The highest BCUT2D eigenvalue weighted by atomic mass is 16.5. The highest BCUT2D eigenvalue weighted by molar-refractivity contribution is 5.76. The number of benzene rings is 1. The van der Waals surface area contributed by atoms with E-state index in [4.69, 9.17) is 10.5 Å². The number of carbonyl (C=O) groups excluding carboxylic acids is 1. The average Bonchev–Trinajstić information content (AvgIpc) is 2.29. The molecule has 0 aliphatic carbocycles. The molecule has 100 valence electrons. The molecular weight excluding hydrogens is 228 g/mol. The molecule has 1 aromatic rings. The van der Waals surface area contributed by atoms with E-state index in [1.165, 1.54) is 0 Å². The molecule has 0 aliphatic rings. The van der Waals surface area contributed by atoms with Crippen molar-refractivity contribution in [3.05, 3.63) is 29.8 Å². The van der Waals surface area contributed by atoms with Crippen LogP contribution in [0.25, 0.3) is 0 Å². The summed E-state index contributed by atoms with van der Waals surface area (Å²) >= 11 is 0. The maximum atomic E-state index is 11.6. The van der Waals surface area contributed by atoms with Crippen LogP contribution in [-0.2, 0) is 4.79 Å². The molecular formula is C14H22N2O2. The molecule has 0 fully saturated rings. The third kappa shape index (κ3) is 5.68. The zero-order chi connectivity index (χ0) is 13.4. The van der Waals surface area contributed by atoms with Crippen LogP contribution < -0.4 is 15.8 Å². The van der Waals surface area contributed by atoms with Gasteiger partial charge in [0.1, 0.15) is 5.75 Å². The Kier molecular flexibility index (Phi) is 6.22. The number of nitrogens with one attached hydrogen (secondary N) is 1. The van der Waals surface area contributed by atoms with Crippen molar-refractivity contribution >= 4 is 5.91 Å². The van der Waals surface area contributed by atoms with E-state index in [0.29, 0.717) is 19.6 Å². The fourth-order valence-electron chi connectivity index (χ4n) is 1.64. The second kappa shape index (κ2) is 7.71. The molecule has 0 aromatic heterocycles. The zero-order valence-electron chi connectivity index (χ0n) is 11.1. The number of hydrogen-bond acceptors (Lipinski definition) is 3. The molecule has 0 aliphatic heterocycles. The highest BCUT2D eigenvalue weighted by Gasteiger charge is 2.06.